The van der Waals surface area contributed by atoms with Crippen molar-refractivity contribution in [2.24, 2.45) is 0 Å². The molecule has 0 atom stereocenters. The zero-order chi connectivity index (χ0) is 16.3. The summed E-state index contributed by atoms with van der Waals surface area (Å²) in [6, 6.07) is 8.45. The summed E-state index contributed by atoms with van der Waals surface area (Å²) in [4.78, 5) is 11.9. The summed E-state index contributed by atoms with van der Waals surface area (Å²) in [6.07, 6.45) is 0. The number of amides is 1. The second-order valence-electron chi connectivity index (χ2n) is 5.19. The van der Waals surface area contributed by atoms with Gasteiger partial charge < -0.3 is 10.1 Å². The minimum Gasteiger partial charge on any atom is -0.483 e. The molecule has 1 amide bonds. The van der Waals surface area contributed by atoms with E-state index in [-0.39, 0.29) is 12.3 Å². The molecule has 2 aromatic carbocycles. The lowest BCUT2D eigenvalue weighted by molar-refractivity contribution is -0.118. The molecule has 0 spiro atoms. The van der Waals surface area contributed by atoms with Gasteiger partial charge in [-0.3, -0.25) is 4.79 Å². The fourth-order valence-electron chi connectivity index (χ4n) is 2.31. The first kappa shape index (κ1) is 16.5. The van der Waals surface area contributed by atoms with Crippen molar-refractivity contribution in [2.75, 3.05) is 11.9 Å². The van der Waals surface area contributed by atoms with Crippen molar-refractivity contribution >= 4 is 27.5 Å². The average molecular weight is 366 g/mol. The molecule has 0 saturated carbocycles. The van der Waals surface area contributed by atoms with Crippen LogP contribution in [-0.4, -0.2) is 12.5 Å². The Bertz CT molecular complexity index is 693. The number of carbonyl (C=O) groups is 1. The summed E-state index contributed by atoms with van der Waals surface area (Å²) in [7, 11) is 0. The molecule has 0 aromatic heterocycles. The van der Waals surface area contributed by atoms with Gasteiger partial charge in [-0.15, -0.1) is 0 Å². The number of carbonyl (C=O) groups excluding carboxylic acids is 1. The lowest BCUT2D eigenvalue weighted by Gasteiger charge is -2.13. The van der Waals surface area contributed by atoms with E-state index in [9.17, 15) is 9.18 Å². The molecular formula is C17H17BrFNO2. The van der Waals surface area contributed by atoms with Gasteiger partial charge in [0, 0.05) is 4.47 Å². The zero-order valence-electron chi connectivity index (χ0n) is 12.7. The normalized spacial score (nSPS) is 10.4. The van der Waals surface area contributed by atoms with E-state index in [0.717, 1.165) is 16.7 Å². The Kier molecular flexibility index (Phi) is 5.19. The summed E-state index contributed by atoms with van der Waals surface area (Å²) < 4.78 is 19.9. The Balaban J connectivity index is 2.02. The van der Waals surface area contributed by atoms with E-state index in [2.05, 4.69) is 21.2 Å². The summed E-state index contributed by atoms with van der Waals surface area (Å²) >= 11 is 3.17. The first-order chi connectivity index (χ1) is 10.4. The molecule has 0 aliphatic carbocycles. The molecule has 0 saturated heterocycles. The Morgan fingerprint density at radius 1 is 1.18 bits per heavy atom. The lowest BCUT2D eigenvalue weighted by Crippen LogP contribution is -2.21. The largest absolute Gasteiger partial charge is 0.483 e. The van der Waals surface area contributed by atoms with Crippen LogP contribution in [0.15, 0.2) is 34.8 Å². The predicted molar refractivity (Wildman–Crippen MR) is 88.9 cm³/mol. The Labute approximate surface area is 137 Å². The van der Waals surface area contributed by atoms with Crippen LogP contribution in [0.25, 0.3) is 0 Å². The summed E-state index contributed by atoms with van der Waals surface area (Å²) in [5, 5.41) is 2.50. The number of ether oxygens (including phenoxy) is 1. The van der Waals surface area contributed by atoms with Crippen LogP contribution in [0, 0.1) is 26.6 Å². The van der Waals surface area contributed by atoms with Gasteiger partial charge in [0.15, 0.2) is 6.61 Å². The van der Waals surface area contributed by atoms with Crippen molar-refractivity contribution in [1.29, 1.82) is 0 Å². The van der Waals surface area contributed by atoms with E-state index in [1.807, 2.05) is 32.9 Å². The SMILES string of the molecule is Cc1cc(C)c(OCC(=O)Nc2ccc(Br)cc2F)c(C)c1. The maximum atomic E-state index is 13.7. The third-order valence-electron chi connectivity index (χ3n) is 3.16. The van der Waals surface area contributed by atoms with E-state index in [4.69, 9.17) is 4.74 Å². The highest BCUT2D eigenvalue weighted by Crippen LogP contribution is 2.24. The second kappa shape index (κ2) is 6.92. The molecule has 0 unspecified atom stereocenters. The minimum absolute atomic E-state index is 0.133. The van der Waals surface area contributed by atoms with Crippen molar-refractivity contribution in [3.05, 3.63) is 57.3 Å². The van der Waals surface area contributed by atoms with Crippen molar-refractivity contribution < 1.29 is 13.9 Å². The number of aryl methyl sites for hydroxylation is 3. The van der Waals surface area contributed by atoms with Crippen LogP contribution in [0.4, 0.5) is 10.1 Å². The van der Waals surface area contributed by atoms with Crippen LogP contribution in [0.1, 0.15) is 16.7 Å². The van der Waals surface area contributed by atoms with E-state index < -0.39 is 11.7 Å². The maximum absolute atomic E-state index is 13.7. The highest BCUT2D eigenvalue weighted by molar-refractivity contribution is 9.10. The number of benzene rings is 2. The van der Waals surface area contributed by atoms with Crippen LogP contribution in [0.3, 0.4) is 0 Å². The van der Waals surface area contributed by atoms with Crippen LogP contribution >= 0.6 is 15.9 Å². The fourth-order valence-corrected chi connectivity index (χ4v) is 2.64. The predicted octanol–water partition coefficient (Wildman–Crippen LogP) is 4.53. The number of rotatable bonds is 4. The lowest BCUT2D eigenvalue weighted by atomic mass is 10.1. The monoisotopic (exact) mass is 365 g/mol. The quantitative estimate of drug-likeness (QED) is 0.864. The molecule has 22 heavy (non-hydrogen) atoms. The molecule has 0 aliphatic rings. The topological polar surface area (TPSA) is 38.3 Å². The van der Waals surface area contributed by atoms with Crippen molar-refractivity contribution in [1.82, 2.24) is 0 Å². The summed E-state index contributed by atoms with van der Waals surface area (Å²) in [5.41, 5.74) is 3.22. The molecule has 116 valence electrons. The van der Waals surface area contributed by atoms with Crippen molar-refractivity contribution in [3.8, 4) is 5.75 Å². The van der Waals surface area contributed by atoms with Crippen LogP contribution in [0.5, 0.6) is 5.75 Å². The number of nitrogens with one attached hydrogen (secondary N) is 1. The van der Waals surface area contributed by atoms with Gasteiger partial charge in [0.2, 0.25) is 0 Å². The zero-order valence-corrected chi connectivity index (χ0v) is 14.3. The number of hydrogen-bond donors (Lipinski definition) is 1. The Hall–Kier alpha value is -1.88. The van der Waals surface area contributed by atoms with Gasteiger partial charge in [0.25, 0.3) is 5.91 Å². The molecule has 0 aliphatic heterocycles. The standard InChI is InChI=1S/C17H17BrFNO2/c1-10-6-11(2)17(12(3)7-10)22-9-16(21)20-15-5-4-13(18)8-14(15)19/h4-8H,9H2,1-3H3,(H,20,21). The second-order valence-corrected chi connectivity index (χ2v) is 6.10. The molecule has 0 heterocycles. The summed E-state index contributed by atoms with van der Waals surface area (Å²) in [5.74, 6) is -0.206. The number of halogens is 2. The van der Waals surface area contributed by atoms with E-state index in [1.165, 1.54) is 12.1 Å². The molecular weight excluding hydrogens is 349 g/mol. The molecule has 2 rings (SSSR count). The summed E-state index contributed by atoms with van der Waals surface area (Å²) in [6.45, 7) is 5.70. The van der Waals surface area contributed by atoms with Crippen LogP contribution < -0.4 is 10.1 Å². The van der Waals surface area contributed by atoms with Gasteiger partial charge in [-0.25, -0.2) is 4.39 Å². The Morgan fingerprint density at radius 3 is 2.41 bits per heavy atom. The van der Waals surface area contributed by atoms with E-state index in [0.29, 0.717) is 10.2 Å². The molecule has 5 heteroatoms. The molecule has 1 N–H and O–H groups in total. The number of hydrogen-bond acceptors (Lipinski definition) is 2. The number of anilines is 1. The third kappa shape index (κ3) is 4.07. The molecule has 2 aromatic rings. The van der Waals surface area contributed by atoms with Gasteiger partial charge >= 0.3 is 0 Å². The first-order valence-corrected chi connectivity index (χ1v) is 7.61. The van der Waals surface area contributed by atoms with Crippen LogP contribution in [0.2, 0.25) is 0 Å². The molecule has 3 nitrogen and oxygen atoms in total. The molecule has 0 fully saturated rings. The smallest absolute Gasteiger partial charge is 0.262 e. The minimum atomic E-state index is -0.495. The molecule has 0 bridgehead atoms. The molecule has 0 radical (unpaired) electrons. The Morgan fingerprint density at radius 2 is 1.82 bits per heavy atom. The van der Waals surface area contributed by atoms with Gasteiger partial charge in [0.1, 0.15) is 11.6 Å². The van der Waals surface area contributed by atoms with E-state index in [1.54, 1.807) is 6.07 Å². The average Bonchev–Trinajstić information content (AvgIpc) is 2.40. The highest BCUT2D eigenvalue weighted by atomic mass is 79.9. The van der Waals surface area contributed by atoms with Gasteiger partial charge in [-0.05, 0) is 50.1 Å². The van der Waals surface area contributed by atoms with Crippen molar-refractivity contribution in [3.63, 3.8) is 0 Å². The first-order valence-electron chi connectivity index (χ1n) is 6.82. The van der Waals surface area contributed by atoms with Crippen molar-refractivity contribution in [2.45, 2.75) is 20.8 Å². The van der Waals surface area contributed by atoms with Gasteiger partial charge in [0.05, 0.1) is 5.69 Å². The van der Waals surface area contributed by atoms with E-state index >= 15 is 0 Å². The third-order valence-corrected chi connectivity index (χ3v) is 3.65. The highest BCUT2D eigenvalue weighted by Gasteiger charge is 2.10. The van der Waals surface area contributed by atoms with Gasteiger partial charge in [-0.2, -0.15) is 0 Å². The van der Waals surface area contributed by atoms with Gasteiger partial charge in [-0.1, -0.05) is 33.6 Å². The van der Waals surface area contributed by atoms with Crippen LogP contribution in [-0.2, 0) is 4.79 Å². The fraction of sp³-hybridized carbons (Fsp3) is 0.235. The maximum Gasteiger partial charge on any atom is 0.262 e.